The third-order valence-electron chi connectivity index (χ3n) is 7.59. The number of alkyl halides is 3. The maximum Gasteiger partial charge on any atom is 0.503 e. The fraction of sp³-hybridized carbons (Fsp3) is 0.464. The molecule has 0 atom stereocenters. The smallest absolute Gasteiger partial charge is 0.450 e. The number of benzene rings is 1. The highest BCUT2D eigenvalue weighted by Gasteiger charge is 2.31. The predicted molar refractivity (Wildman–Crippen MR) is 136 cm³/mol. The Morgan fingerprint density at radius 2 is 1.71 bits per heavy atom. The van der Waals surface area contributed by atoms with Gasteiger partial charge in [0.1, 0.15) is 5.65 Å². The molecule has 1 aromatic carbocycles. The molecule has 1 aliphatic heterocycles. The molecule has 7 nitrogen and oxygen atoms in total. The van der Waals surface area contributed by atoms with Crippen molar-refractivity contribution in [3.63, 3.8) is 0 Å². The third kappa shape index (κ3) is 6.46. The van der Waals surface area contributed by atoms with Gasteiger partial charge in [0.15, 0.2) is 0 Å². The van der Waals surface area contributed by atoms with Crippen LogP contribution in [-0.4, -0.2) is 43.3 Å². The van der Waals surface area contributed by atoms with Gasteiger partial charge in [-0.25, -0.2) is 9.78 Å². The van der Waals surface area contributed by atoms with Crippen molar-refractivity contribution < 1.29 is 33.0 Å². The lowest BCUT2D eigenvalue weighted by Gasteiger charge is -2.31. The van der Waals surface area contributed by atoms with E-state index in [9.17, 15) is 18.0 Å². The van der Waals surface area contributed by atoms with Gasteiger partial charge in [0.2, 0.25) is 5.91 Å². The Labute approximate surface area is 218 Å². The number of amides is 1. The number of pyridine rings is 1. The average molecular weight is 532 g/mol. The maximum atomic E-state index is 13.2. The van der Waals surface area contributed by atoms with Crippen LogP contribution in [0.25, 0.3) is 11.0 Å². The molecule has 1 aliphatic carbocycles. The summed E-state index contributed by atoms with van der Waals surface area (Å²) in [5.41, 5.74) is 3.19. The van der Waals surface area contributed by atoms with Crippen molar-refractivity contribution in [1.29, 1.82) is 0 Å². The molecule has 0 bridgehead atoms. The van der Waals surface area contributed by atoms with Crippen LogP contribution >= 0.6 is 0 Å². The van der Waals surface area contributed by atoms with Gasteiger partial charge in [-0.2, -0.15) is 13.2 Å². The standard InChI is InChI=1S/C27H30F3N3O.CH2O3/c1-18-4-6-19(7-5-18)15-25(34)32-14-12-22-23-3-2-13-31-26(23)33(24(22)17-32)16-20-8-10-21(11-9-20)27(28,29)30;2-1(3)4/h2-3,8-11,13,18-19H,4-7,12,14-17H2,1H3;(H2,2,3,4)/t18-,19+;. The summed E-state index contributed by atoms with van der Waals surface area (Å²) in [7, 11) is 0. The minimum absolute atomic E-state index is 0.212. The van der Waals surface area contributed by atoms with Crippen LogP contribution in [0, 0.1) is 11.8 Å². The van der Waals surface area contributed by atoms with E-state index in [1.54, 1.807) is 6.20 Å². The second-order valence-electron chi connectivity index (χ2n) is 10.3. The van der Waals surface area contributed by atoms with Crippen molar-refractivity contribution in [2.45, 2.75) is 64.7 Å². The van der Waals surface area contributed by atoms with Crippen molar-refractivity contribution >= 4 is 23.1 Å². The molecule has 2 N–H and O–H groups in total. The van der Waals surface area contributed by atoms with Gasteiger partial charge < -0.3 is 19.7 Å². The molecule has 0 saturated heterocycles. The Balaban J connectivity index is 0.000000786. The van der Waals surface area contributed by atoms with Gasteiger partial charge in [0, 0.05) is 36.8 Å². The molecule has 0 unspecified atom stereocenters. The van der Waals surface area contributed by atoms with Crippen molar-refractivity contribution in [3.05, 3.63) is 65.0 Å². The van der Waals surface area contributed by atoms with E-state index in [2.05, 4.69) is 16.5 Å². The van der Waals surface area contributed by atoms with Crippen LogP contribution in [0.15, 0.2) is 42.6 Å². The number of hydrogen-bond donors (Lipinski definition) is 2. The quantitative estimate of drug-likeness (QED) is 0.405. The first kappa shape index (κ1) is 27.5. The second kappa shape index (κ2) is 11.4. The van der Waals surface area contributed by atoms with Crippen LogP contribution in [0.3, 0.4) is 0 Å². The number of aromatic nitrogens is 2. The van der Waals surface area contributed by atoms with Gasteiger partial charge in [-0.05, 0) is 66.5 Å². The summed E-state index contributed by atoms with van der Waals surface area (Å²) in [6.07, 6.45) is 1.60. The summed E-state index contributed by atoms with van der Waals surface area (Å²) in [6, 6.07) is 9.26. The lowest BCUT2D eigenvalue weighted by molar-refractivity contribution is -0.137. The van der Waals surface area contributed by atoms with E-state index in [-0.39, 0.29) is 5.91 Å². The SMILES string of the molecule is C[C@H]1CC[C@@H](CC(=O)N2CCc3c(n(Cc4ccc(C(F)(F)F)cc4)c4ncccc34)C2)CC1.O=C(O)O. The third-order valence-corrected chi connectivity index (χ3v) is 7.59. The van der Waals surface area contributed by atoms with Gasteiger partial charge in [0.25, 0.3) is 0 Å². The number of hydrogen-bond acceptors (Lipinski definition) is 3. The first-order chi connectivity index (χ1) is 18.0. The van der Waals surface area contributed by atoms with E-state index in [4.69, 9.17) is 15.0 Å². The number of halogens is 3. The zero-order valence-electron chi connectivity index (χ0n) is 21.2. The first-order valence-corrected chi connectivity index (χ1v) is 12.8. The number of carboxylic acid groups (broad SMARTS) is 2. The van der Waals surface area contributed by atoms with Crippen molar-refractivity contribution in [2.75, 3.05) is 6.54 Å². The largest absolute Gasteiger partial charge is 0.503 e. The molecule has 1 fully saturated rings. The van der Waals surface area contributed by atoms with Gasteiger partial charge >= 0.3 is 12.3 Å². The molecule has 204 valence electrons. The van der Waals surface area contributed by atoms with Crippen molar-refractivity contribution in [1.82, 2.24) is 14.5 Å². The van der Waals surface area contributed by atoms with Crippen LogP contribution in [0.1, 0.15) is 61.4 Å². The molecular weight excluding hydrogens is 499 g/mol. The number of carbonyl (C=O) groups is 2. The number of fused-ring (bicyclic) bond motifs is 3. The average Bonchev–Trinajstić information content (AvgIpc) is 3.18. The van der Waals surface area contributed by atoms with Gasteiger partial charge in [-0.15, -0.1) is 0 Å². The first-order valence-electron chi connectivity index (χ1n) is 12.8. The van der Waals surface area contributed by atoms with E-state index >= 15 is 0 Å². The molecule has 1 saturated carbocycles. The van der Waals surface area contributed by atoms with Crippen LogP contribution < -0.4 is 0 Å². The summed E-state index contributed by atoms with van der Waals surface area (Å²) in [6.45, 7) is 3.93. The summed E-state index contributed by atoms with van der Waals surface area (Å²) < 4.78 is 41.0. The fourth-order valence-corrected chi connectivity index (χ4v) is 5.53. The molecular formula is C28H32F3N3O4. The lowest BCUT2D eigenvalue weighted by atomic mass is 9.81. The van der Waals surface area contributed by atoms with Crippen LogP contribution in [0.5, 0.6) is 0 Å². The molecule has 1 amide bonds. The van der Waals surface area contributed by atoms with Crippen LogP contribution in [0.2, 0.25) is 0 Å². The fourth-order valence-electron chi connectivity index (χ4n) is 5.53. The molecule has 3 aromatic rings. The minimum Gasteiger partial charge on any atom is -0.450 e. The summed E-state index contributed by atoms with van der Waals surface area (Å²) in [5.74, 6) is 1.45. The van der Waals surface area contributed by atoms with Crippen LogP contribution in [-0.2, 0) is 30.5 Å². The second-order valence-corrected chi connectivity index (χ2v) is 10.3. The topological polar surface area (TPSA) is 95.7 Å². The summed E-state index contributed by atoms with van der Waals surface area (Å²) in [4.78, 5) is 28.3. The van der Waals surface area contributed by atoms with E-state index in [1.807, 2.05) is 17.0 Å². The molecule has 5 rings (SSSR count). The Morgan fingerprint density at radius 1 is 1.05 bits per heavy atom. The monoisotopic (exact) mass is 531 g/mol. The molecule has 0 spiro atoms. The lowest BCUT2D eigenvalue weighted by Crippen LogP contribution is -2.37. The molecule has 10 heteroatoms. The molecule has 0 radical (unpaired) electrons. The zero-order chi connectivity index (χ0) is 27.4. The zero-order valence-corrected chi connectivity index (χ0v) is 21.2. The number of rotatable bonds is 4. The van der Waals surface area contributed by atoms with Gasteiger partial charge in [-0.3, -0.25) is 4.79 Å². The van der Waals surface area contributed by atoms with E-state index < -0.39 is 17.9 Å². The molecule has 2 aromatic heterocycles. The minimum atomic E-state index is -4.35. The normalized spacial score (nSPS) is 19.4. The highest BCUT2D eigenvalue weighted by molar-refractivity contribution is 5.84. The maximum absolute atomic E-state index is 13.2. The van der Waals surface area contributed by atoms with Crippen molar-refractivity contribution in [2.24, 2.45) is 11.8 Å². The molecule has 3 heterocycles. The molecule has 38 heavy (non-hydrogen) atoms. The van der Waals surface area contributed by atoms with Gasteiger partial charge in [-0.1, -0.05) is 31.9 Å². The Morgan fingerprint density at radius 3 is 2.34 bits per heavy atom. The highest BCUT2D eigenvalue weighted by Crippen LogP contribution is 2.34. The Hall–Kier alpha value is -3.56. The number of carbonyl (C=O) groups excluding carboxylic acids is 1. The number of nitrogens with zero attached hydrogens (tertiary/aromatic N) is 3. The predicted octanol–water partition coefficient (Wildman–Crippen LogP) is 6.43. The van der Waals surface area contributed by atoms with E-state index in [0.717, 1.165) is 59.6 Å². The van der Waals surface area contributed by atoms with E-state index in [0.29, 0.717) is 32.0 Å². The Kier molecular flexibility index (Phi) is 8.28. The van der Waals surface area contributed by atoms with Gasteiger partial charge in [0.05, 0.1) is 12.1 Å². The summed E-state index contributed by atoms with van der Waals surface area (Å²) >= 11 is 0. The highest BCUT2D eigenvalue weighted by atomic mass is 19.4. The molecule has 2 aliphatic rings. The van der Waals surface area contributed by atoms with Crippen LogP contribution in [0.4, 0.5) is 18.0 Å². The summed E-state index contributed by atoms with van der Waals surface area (Å²) in [5, 5.41) is 15.0. The van der Waals surface area contributed by atoms with Crippen molar-refractivity contribution in [3.8, 4) is 0 Å². The van der Waals surface area contributed by atoms with E-state index in [1.165, 1.54) is 30.5 Å². The Bertz CT molecular complexity index is 1270.